The van der Waals surface area contributed by atoms with Crippen molar-refractivity contribution in [3.63, 3.8) is 0 Å². The Hall–Kier alpha value is -15.3. The van der Waals surface area contributed by atoms with Gasteiger partial charge in [-0.3, -0.25) is 0 Å². The number of aromatic nitrogens is 6. The number of pyridine rings is 1. The summed E-state index contributed by atoms with van der Waals surface area (Å²) in [6.07, 6.45) is 0. The van der Waals surface area contributed by atoms with E-state index in [1.54, 1.807) is 34.0 Å². The van der Waals surface area contributed by atoms with Gasteiger partial charge in [0.2, 0.25) is 0 Å². The van der Waals surface area contributed by atoms with Gasteiger partial charge >= 0.3 is 0 Å². The molecule has 622 valence electrons. The Balaban J connectivity index is 0.000000105. The van der Waals surface area contributed by atoms with Gasteiger partial charge < -0.3 is 0 Å². The van der Waals surface area contributed by atoms with E-state index in [-0.39, 0.29) is 0 Å². The summed E-state index contributed by atoms with van der Waals surface area (Å²) in [4.78, 5) is 31.9. The summed E-state index contributed by atoms with van der Waals surface area (Å²) in [7, 11) is 0. The summed E-state index contributed by atoms with van der Waals surface area (Å²) in [6, 6.07) is 152. The minimum absolute atomic E-state index is 0.698. The molecule has 0 amide bonds. The fraction of sp³-hybridized carbons (Fsp3) is 0. The molecule has 0 saturated carbocycles. The van der Waals surface area contributed by atoms with E-state index >= 15 is 0 Å². The van der Waals surface area contributed by atoms with Gasteiger partial charge in [-0.25, -0.2) is 29.9 Å². The number of benzene rings is 18. The van der Waals surface area contributed by atoms with Crippen molar-refractivity contribution in [1.29, 1.82) is 0 Å². The zero-order valence-corrected chi connectivity index (χ0v) is 76.7. The molecule has 0 saturated heterocycles. The van der Waals surface area contributed by atoms with E-state index in [9.17, 15) is 0 Å². The Kier molecular flexibility index (Phi) is 19.5. The molecule has 0 N–H and O–H groups in total. The molecule has 0 atom stereocenters. The van der Waals surface area contributed by atoms with Crippen LogP contribution in [0.2, 0.25) is 0 Å². The number of rotatable bonds is 11. The fourth-order valence-corrected chi connectivity index (χ4v) is 27.6. The molecule has 6 nitrogen and oxygen atoms in total. The van der Waals surface area contributed by atoms with Gasteiger partial charge in [0.1, 0.15) is 0 Å². The van der Waals surface area contributed by atoms with Crippen LogP contribution in [0.5, 0.6) is 0 Å². The molecule has 0 radical (unpaired) electrons. The first kappa shape index (κ1) is 78.8. The highest BCUT2D eigenvalue weighted by Crippen LogP contribution is 2.50. The first-order valence-electron chi connectivity index (χ1n) is 44.2. The molecule has 133 heavy (non-hydrogen) atoms. The minimum Gasteiger partial charge on any atom is -0.248 e. The monoisotopic (exact) mass is 1820 g/mol. The van der Waals surface area contributed by atoms with Crippen molar-refractivity contribution >= 4 is 221 Å². The van der Waals surface area contributed by atoms with Crippen molar-refractivity contribution in [3.8, 4) is 124 Å². The zero-order valence-electron chi connectivity index (χ0n) is 71.0. The molecular formula is C120H70N6S7. The second-order valence-electron chi connectivity index (χ2n) is 33.3. The van der Waals surface area contributed by atoms with Gasteiger partial charge in [-0.1, -0.05) is 328 Å². The number of nitrogens with zero attached hydrogens (tertiary/aromatic N) is 6. The number of hydrogen-bond acceptors (Lipinski definition) is 13. The summed E-state index contributed by atoms with van der Waals surface area (Å²) in [5.41, 5.74) is 19.5. The van der Waals surface area contributed by atoms with Gasteiger partial charge in [0.15, 0.2) is 23.3 Å². The quantitative estimate of drug-likeness (QED) is 0.128. The van der Waals surface area contributed by atoms with E-state index in [1.165, 1.54) is 163 Å². The summed E-state index contributed by atoms with van der Waals surface area (Å²) in [5.74, 6) is 2.80. The van der Waals surface area contributed by atoms with Crippen molar-refractivity contribution in [2.75, 3.05) is 0 Å². The molecular weight excluding hydrogens is 1750 g/mol. The molecule has 0 unspecified atom stereocenters. The van der Waals surface area contributed by atoms with Gasteiger partial charge in [-0.15, -0.1) is 79.4 Å². The van der Waals surface area contributed by atoms with Gasteiger partial charge in [-0.2, -0.15) is 0 Å². The van der Waals surface area contributed by atoms with Crippen molar-refractivity contribution in [3.05, 3.63) is 425 Å². The van der Waals surface area contributed by atoms with Gasteiger partial charge in [0.25, 0.3) is 0 Å². The molecule has 0 aliphatic rings. The van der Waals surface area contributed by atoms with Crippen LogP contribution in [0.1, 0.15) is 0 Å². The molecule has 0 bridgehead atoms. The maximum Gasteiger partial charge on any atom is 0.165 e. The third-order valence-corrected chi connectivity index (χ3v) is 33.9. The lowest BCUT2D eigenvalue weighted by molar-refractivity contribution is 1.08. The Labute approximate surface area is 792 Å². The molecule has 0 spiro atoms. The largest absolute Gasteiger partial charge is 0.248 e. The summed E-state index contributed by atoms with van der Waals surface area (Å²) in [5, 5.41) is 17.8. The van der Waals surface area contributed by atoms with Crippen LogP contribution in [0.3, 0.4) is 0 Å². The predicted molar refractivity (Wildman–Crippen MR) is 576 cm³/mol. The Morgan fingerprint density at radius 3 is 0.571 bits per heavy atom. The lowest BCUT2D eigenvalue weighted by Gasteiger charge is -2.13. The van der Waals surface area contributed by atoms with E-state index in [0.29, 0.717) is 23.3 Å². The molecule has 10 aromatic heterocycles. The second-order valence-corrected chi connectivity index (χ2v) is 40.6. The standard InChI is InChI=1S/C46H28N2S2.C39H21N3S3.C35H21NS2/c1-3-13-29(14-4-1)31-25-32(30-15-5-2-6-16-30)27-33(26-31)46-47-40(38-21-11-19-36-34-17-7-9-23-42(34)49-44(36)38)28-41(48-46)39-22-12-20-37-35-18-8-10-24-43(35)50-45(37)39;1-4-19-31-22(10-1)25-13-7-16-28(34(25)43-31)37-40-38(29-17-8-14-26-23-11-2-5-20-32(23)44-35(26)29)42-39(41-37)30-18-9-15-27-24-12-3-6-21-33(24)45-36(27)30;1-2-10-22(11-3-1)23-20-30(28-16-8-14-26-24-12-4-6-18-32(24)37-34(26)28)36-31(21-23)29-17-9-15-27-25-13-5-7-19-33(25)38-35(27)29/h1-28H;1-21H;1-21H. The average Bonchev–Trinajstić information content (AvgIpc) is 1.63. The van der Waals surface area contributed by atoms with Crippen LogP contribution >= 0.6 is 79.4 Å². The Morgan fingerprint density at radius 1 is 0.120 bits per heavy atom. The minimum atomic E-state index is 0.698. The van der Waals surface area contributed by atoms with Crippen LogP contribution in [-0.4, -0.2) is 29.9 Å². The summed E-state index contributed by atoms with van der Waals surface area (Å²) >= 11 is 12.8. The van der Waals surface area contributed by atoms with E-state index in [4.69, 9.17) is 29.9 Å². The van der Waals surface area contributed by atoms with Gasteiger partial charge in [-0.05, 0) is 130 Å². The topological polar surface area (TPSA) is 77.3 Å². The average molecular weight is 1820 g/mol. The fourth-order valence-electron chi connectivity index (χ4n) is 19.1. The third kappa shape index (κ3) is 14.0. The maximum atomic E-state index is 5.41. The van der Waals surface area contributed by atoms with Gasteiger partial charge in [0, 0.05) is 186 Å². The SMILES string of the molecule is c1ccc(-c2cc(-c3cccc4c3sc3ccccc34)nc(-c3cccc4c3sc3ccccc34)c2)cc1.c1ccc(-c2cc(-c3ccccc3)cc(-c3nc(-c4cccc5c4sc4ccccc45)cc(-c4cccc5c4sc4ccccc45)n3)c2)cc1.c1ccc2c(c1)sc1c(-c3nc(-c4cccc5c4sc4ccccc45)nc(-c4cccc5c4sc4ccccc45)n3)cccc12. The number of hydrogen-bond donors (Lipinski definition) is 0. The molecule has 0 fully saturated rings. The van der Waals surface area contributed by atoms with Crippen molar-refractivity contribution in [2.45, 2.75) is 0 Å². The maximum absolute atomic E-state index is 5.41. The smallest absolute Gasteiger partial charge is 0.165 e. The Morgan fingerprint density at radius 2 is 0.316 bits per heavy atom. The summed E-state index contributed by atoms with van der Waals surface area (Å²) in [6.45, 7) is 0. The van der Waals surface area contributed by atoms with Crippen LogP contribution < -0.4 is 0 Å². The van der Waals surface area contributed by atoms with E-state index in [0.717, 1.165) is 78.4 Å². The van der Waals surface area contributed by atoms with Gasteiger partial charge in [0.05, 0.1) is 22.8 Å². The van der Waals surface area contributed by atoms with Crippen LogP contribution in [-0.2, 0) is 0 Å². The second kappa shape index (κ2) is 33.0. The van der Waals surface area contributed by atoms with E-state index in [1.807, 2.05) is 45.3 Å². The first-order valence-corrected chi connectivity index (χ1v) is 50.0. The molecule has 18 aromatic carbocycles. The van der Waals surface area contributed by atoms with Crippen molar-refractivity contribution in [2.24, 2.45) is 0 Å². The highest BCUT2D eigenvalue weighted by molar-refractivity contribution is 7.29. The van der Waals surface area contributed by atoms with E-state index < -0.39 is 0 Å². The first-order chi connectivity index (χ1) is 65.9. The highest BCUT2D eigenvalue weighted by atomic mass is 32.1. The zero-order chi connectivity index (χ0) is 87.6. The Bertz CT molecular complexity index is 8870. The van der Waals surface area contributed by atoms with Crippen LogP contribution in [0.25, 0.3) is 265 Å². The molecule has 0 aliphatic heterocycles. The predicted octanol–water partition coefficient (Wildman–Crippen LogP) is 36.3. The molecule has 0 aliphatic carbocycles. The van der Waals surface area contributed by atoms with E-state index in [2.05, 4.69) is 425 Å². The molecule has 10 heterocycles. The lowest BCUT2D eigenvalue weighted by Crippen LogP contribution is -2.00. The number of thiophene rings is 7. The van der Waals surface area contributed by atoms with Crippen molar-refractivity contribution < 1.29 is 0 Å². The van der Waals surface area contributed by atoms with Crippen LogP contribution in [0.15, 0.2) is 425 Å². The molecule has 28 aromatic rings. The number of fused-ring (bicyclic) bond motifs is 21. The van der Waals surface area contributed by atoms with Crippen molar-refractivity contribution in [1.82, 2.24) is 29.9 Å². The van der Waals surface area contributed by atoms with Crippen LogP contribution in [0, 0.1) is 0 Å². The lowest BCUT2D eigenvalue weighted by atomic mass is 9.95. The molecule has 13 heteroatoms. The normalized spacial score (nSPS) is 11.8. The highest BCUT2D eigenvalue weighted by Gasteiger charge is 2.25. The third-order valence-electron chi connectivity index (χ3n) is 25.4. The molecule has 28 rings (SSSR count). The van der Waals surface area contributed by atoms with Crippen LogP contribution in [0.4, 0.5) is 0 Å². The summed E-state index contributed by atoms with van der Waals surface area (Å²) < 4.78 is 17.6.